The van der Waals surface area contributed by atoms with Crippen LogP contribution in [0.2, 0.25) is 0 Å². The molecule has 0 unspecified atom stereocenters. The lowest BCUT2D eigenvalue weighted by atomic mass is 10.2. The van der Waals surface area contributed by atoms with Gasteiger partial charge in [0.2, 0.25) is 0 Å². The first-order valence-corrected chi connectivity index (χ1v) is 14.3. The van der Waals surface area contributed by atoms with Crippen molar-refractivity contribution < 1.29 is 0 Å². The van der Waals surface area contributed by atoms with E-state index in [0.29, 0.717) is 6.04 Å². The largest absolute Gasteiger partial charge is 0.349 e. The average Bonchev–Trinajstić information content (AvgIpc) is 3.50. The van der Waals surface area contributed by atoms with Crippen LogP contribution in [0.1, 0.15) is 19.4 Å². The van der Waals surface area contributed by atoms with Crippen LogP contribution in [0.15, 0.2) is 119 Å². The van der Waals surface area contributed by atoms with Gasteiger partial charge in [0, 0.05) is 38.5 Å². The summed E-state index contributed by atoms with van der Waals surface area (Å²) in [6, 6.07) is 37.7. The van der Waals surface area contributed by atoms with E-state index in [4.69, 9.17) is 4.98 Å². The van der Waals surface area contributed by atoms with Crippen molar-refractivity contribution in [3.8, 4) is 5.82 Å². The first-order chi connectivity index (χ1) is 19.1. The van der Waals surface area contributed by atoms with Gasteiger partial charge < -0.3 is 9.80 Å². The second kappa shape index (κ2) is 9.51. The van der Waals surface area contributed by atoms with Crippen LogP contribution < -0.4 is 9.80 Å². The number of pyridine rings is 1. The van der Waals surface area contributed by atoms with Gasteiger partial charge in [-0.15, -0.1) is 0 Å². The van der Waals surface area contributed by atoms with Gasteiger partial charge in [-0.05, 0) is 87.0 Å². The van der Waals surface area contributed by atoms with Crippen LogP contribution in [0.5, 0.6) is 0 Å². The van der Waals surface area contributed by atoms with E-state index in [2.05, 4.69) is 132 Å². The third-order valence-corrected chi connectivity index (χ3v) is 8.52. The van der Waals surface area contributed by atoms with E-state index in [1.165, 1.54) is 54.2 Å². The fourth-order valence-electron chi connectivity index (χ4n) is 5.66. The predicted octanol–water partition coefficient (Wildman–Crippen LogP) is 8.96. The van der Waals surface area contributed by atoms with Crippen LogP contribution in [0.25, 0.3) is 27.6 Å². The molecule has 0 aliphatic carbocycles. The van der Waals surface area contributed by atoms with Gasteiger partial charge in [-0.25, -0.2) is 4.98 Å². The first-order valence-electron chi connectivity index (χ1n) is 13.4. The first kappa shape index (κ1) is 23.9. The highest BCUT2D eigenvalue weighted by molar-refractivity contribution is 7.99. The molecule has 0 atom stereocenters. The number of hydrogen-bond acceptors (Lipinski definition) is 4. The monoisotopic (exact) mass is 526 g/mol. The van der Waals surface area contributed by atoms with Crippen molar-refractivity contribution in [2.45, 2.75) is 36.6 Å². The molecule has 2 aromatic heterocycles. The SMILES string of the molecule is Cc1ccnc(-n2c3ccccc3c3ccc(Sc4cccc(N5CN(C(C)C)c6ccccc65)c4)cc32)c1. The molecule has 0 radical (unpaired) electrons. The fraction of sp³-hybridized carbons (Fsp3) is 0.147. The lowest BCUT2D eigenvalue weighted by Gasteiger charge is -2.25. The molecule has 4 nitrogen and oxygen atoms in total. The normalized spacial score (nSPS) is 13.1. The zero-order chi connectivity index (χ0) is 26.5. The van der Waals surface area contributed by atoms with Crippen molar-refractivity contribution in [3.63, 3.8) is 0 Å². The molecule has 1 aliphatic rings. The van der Waals surface area contributed by atoms with Crippen LogP contribution in [0.4, 0.5) is 17.1 Å². The minimum Gasteiger partial charge on any atom is -0.349 e. The minimum atomic E-state index is 0.440. The van der Waals surface area contributed by atoms with Crippen LogP contribution in [-0.2, 0) is 0 Å². The Labute approximate surface area is 233 Å². The standard InChI is InChI=1S/C34H30N4S/c1-23(2)36-22-37(32-14-7-6-13-31(32)36)25-9-8-10-26(20-25)39-27-15-16-29-28-11-4-5-12-30(28)38(33(29)21-27)34-19-24(3)17-18-35-34/h4-21,23H,22H2,1-3H3. The maximum absolute atomic E-state index is 4.74. The highest BCUT2D eigenvalue weighted by Gasteiger charge is 2.28. The van der Waals surface area contributed by atoms with E-state index in [-0.39, 0.29) is 0 Å². The van der Waals surface area contributed by atoms with E-state index in [1.54, 1.807) is 11.8 Å². The molecule has 0 N–H and O–H groups in total. The molecule has 1 aliphatic heterocycles. The van der Waals surface area contributed by atoms with Crippen molar-refractivity contribution in [2.24, 2.45) is 0 Å². The molecule has 39 heavy (non-hydrogen) atoms. The molecule has 5 heteroatoms. The summed E-state index contributed by atoms with van der Waals surface area (Å²) in [6.45, 7) is 7.50. The van der Waals surface area contributed by atoms with Crippen LogP contribution in [-0.4, -0.2) is 22.3 Å². The smallest absolute Gasteiger partial charge is 0.137 e. The van der Waals surface area contributed by atoms with Gasteiger partial charge in [-0.1, -0.05) is 54.2 Å². The minimum absolute atomic E-state index is 0.440. The second-order valence-corrected chi connectivity index (χ2v) is 11.6. The summed E-state index contributed by atoms with van der Waals surface area (Å²) in [5.41, 5.74) is 7.34. The molecule has 3 heterocycles. The number of fused-ring (bicyclic) bond motifs is 4. The Morgan fingerprint density at radius 1 is 0.718 bits per heavy atom. The Morgan fingerprint density at radius 2 is 1.49 bits per heavy atom. The van der Waals surface area contributed by atoms with E-state index >= 15 is 0 Å². The Morgan fingerprint density at radius 3 is 2.33 bits per heavy atom. The van der Waals surface area contributed by atoms with Gasteiger partial charge in [-0.3, -0.25) is 4.57 Å². The predicted molar refractivity (Wildman–Crippen MR) is 165 cm³/mol. The highest BCUT2D eigenvalue weighted by Crippen LogP contribution is 2.43. The molecule has 0 spiro atoms. The van der Waals surface area contributed by atoms with E-state index < -0.39 is 0 Å². The van der Waals surface area contributed by atoms with Crippen molar-refractivity contribution in [2.75, 3.05) is 16.5 Å². The van der Waals surface area contributed by atoms with Crippen molar-refractivity contribution >= 4 is 50.6 Å². The molecular formula is C34H30N4S. The van der Waals surface area contributed by atoms with Crippen LogP contribution in [0.3, 0.4) is 0 Å². The summed E-state index contributed by atoms with van der Waals surface area (Å²) in [4.78, 5) is 12.1. The average molecular weight is 527 g/mol. The van der Waals surface area contributed by atoms with Crippen molar-refractivity contribution in [3.05, 3.63) is 115 Å². The van der Waals surface area contributed by atoms with Crippen LogP contribution in [0, 0.1) is 6.92 Å². The summed E-state index contributed by atoms with van der Waals surface area (Å²) < 4.78 is 2.29. The van der Waals surface area contributed by atoms with Gasteiger partial charge in [0.25, 0.3) is 0 Å². The van der Waals surface area contributed by atoms with Crippen LogP contribution >= 0.6 is 11.8 Å². The molecule has 0 saturated heterocycles. The highest BCUT2D eigenvalue weighted by atomic mass is 32.2. The van der Waals surface area contributed by atoms with Gasteiger partial charge in [0.1, 0.15) is 5.82 Å². The summed E-state index contributed by atoms with van der Waals surface area (Å²) in [5.74, 6) is 0.952. The van der Waals surface area contributed by atoms with E-state index in [1.807, 2.05) is 12.3 Å². The zero-order valence-electron chi connectivity index (χ0n) is 22.4. The number of benzene rings is 4. The summed E-state index contributed by atoms with van der Waals surface area (Å²) in [7, 11) is 0. The quantitative estimate of drug-likeness (QED) is 0.224. The lowest BCUT2D eigenvalue weighted by Crippen LogP contribution is -2.33. The lowest BCUT2D eigenvalue weighted by molar-refractivity contribution is 0.709. The number of aromatic nitrogens is 2. The molecule has 0 bridgehead atoms. The summed E-state index contributed by atoms with van der Waals surface area (Å²) >= 11 is 1.81. The van der Waals surface area contributed by atoms with Crippen molar-refractivity contribution in [1.82, 2.24) is 9.55 Å². The third kappa shape index (κ3) is 4.14. The second-order valence-electron chi connectivity index (χ2n) is 10.4. The third-order valence-electron chi connectivity index (χ3n) is 7.54. The number of hydrogen-bond donors (Lipinski definition) is 0. The summed E-state index contributed by atoms with van der Waals surface area (Å²) in [6.07, 6.45) is 1.90. The fourth-order valence-corrected chi connectivity index (χ4v) is 6.56. The number of para-hydroxylation sites is 3. The van der Waals surface area contributed by atoms with Gasteiger partial charge >= 0.3 is 0 Å². The Kier molecular flexibility index (Phi) is 5.82. The van der Waals surface area contributed by atoms with Crippen molar-refractivity contribution in [1.29, 1.82) is 0 Å². The Hall–Kier alpha value is -4.22. The zero-order valence-corrected chi connectivity index (χ0v) is 23.2. The number of anilines is 3. The van der Waals surface area contributed by atoms with Gasteiger partial charge in [0.05, 0.1) is 29.1 Å². The molecule has 0 saturated carbocycles. The molecular weight excluding hydrogens is 496 g/mol. The van der Waals surface area contributed by atoms with E-state index in [9.17, 15) is 0 Å². The Bertz CT molecular complexity index is 1840. The van der Waals surface area contributed by atoms with Gasteiger partial charge in [0.15, 0.2) is 0 Å². The molecule has 192 valence electrons. The topological polar surface area (TPSA) is 24.3 Å². The maximum atomic E-state index is 4.74. The maximum Gasteiger partial charge on any atom is 0.137 e. The molecule has 7 rings (SSSR count). The molecule has 4 aromatic carbocycles. The number of rotatable bonds is 5. The number of aryl methyl sites for hydroxylation is 1. The summed E-state index contributed by atoms with van der Waals surface area (Å²) in [5, 5.41) is 2.49. The van der Waals surface area contributed by atoms with E-state index in [0.717, 1.165) is 12.5 Å². The molecule has 6 aromatic rings. The molecule has 0 amide bonds. The van der Waals surface area contributed by atoms with Gasteiger partial charge in [-0.2, -0.15) is 0 Å². The molecule has 0 fully saturated rings. The number of nitrogens with zero attached hydrogens (tertiary/aromatic N) is 4. The Balaban J connectivity index is 1.27.